The zero-order chi connectivity index (χ0) is 19.6. The largest absolute Gasteiger partial charge is 0.361 e. The summed E-state index contributed by atoms with van der Waals surface area (Å²) < 4.78 is 27.2. The maximum Gasteiger partial charge on any atom is 0.240 e. The van der Waals surface area contributed by atoms with Crippen LogP contribution in [-0.4, -0.2) is 25.7 Å². The van der Waals surface area contributed by atoms with E-state index in [2.05, 4.69) is 9.71 Å². The molecule has 2 N–H and O–H groups in total. The van der Waals surface area contributed by atoms with Crippen LogP contribution >= 0.6 is 0 Å². The Kier molecular flexibility index (Phi) is 4.81. The molecule has 5 nitrogen and oxygen atoms in total. The van der Waals surface area contributed by atoms with Gasteiger partial charge in [0, 0.05) is 22.7 Å². The summed E-state index contributed by atoms with van der Waals surface area (Å²) in [5, 5.41) is 0.767. The number of carbonyl (C=O) groups is 1. The Bertz CT molecular complexity index is 1230. The summed E-state index contributed by atoms with van der Waals surface area (Å²) in [6, 6.07) is 23.4. The second-order valence-electron chi connectivity index (χ2n) is 6.39. The van der Waals surface area contributed by atoms with E-state index in [1.807, 2.05) is 48.5 Å². The van der Waals surface area contributed by atoms with E-state index in [0.29, 0.717) is 5.56 Å². The minimum atomic E-state index is -3.74. The summed E-state index contributed by atoms with van der Waals surface area (Å²) in [6.07, 6.45) is 1.77. The summed E-state index contributed by atoms with van der Waals surface area (Å²) in [6.45, 7) is -0.310. The summed E-state index contributed by atoms with van der Waals surface area (Å²) in [4.78, 5) is 16.1. The van der Waals surface area contributed by atoms with E-state index in [1.165, 1.54) is 12.1 Å². The van der Waals surface area contributed by atoms with E-state index in [9.17, 15) is 13.2 Å². The first-order valence-corrected chi connectivity index (χ1v) is 10.3. The molecule has 4 rings (SSSR count). The molecule has 28 heavy (non-hydrogen) atoms. The lowest BCUT2D eigenvalue weighted by Crippen LogP contribution is -2.29. The van der Waals surface area contributed by atoms with Crippen molar-refractivity contribution in [2.24, 2.45) is 0 Å². The van der Waals surface area contributed by atoms with Gasteiger partial charge in [-0.25, -0.2) is 13.1 Å². The van der Waals surface area contributed by atoms with Crippen LogP contribution < -0.4 is 4.72 Å². The molecule has 0 aliphatic rings. The minimum Gasteiger partial charge on any atom is -0.361 e. The topological polar surface area (TPSA) is 79.0 Å². The molecule has 0 unspecified atom stereocenters. The average molecular weight is 390 g/mol. The van der Waals surface area contributed by atoms with Crippen LogP contribution in [0.4, 0.5) is 0 Å². The fourth-order valence-electron chi connectivity index (χ4n) is 3.13. The molecule has 3 aromatic carbocycles. The number of hydrogen-bond donors (Lipinski definition) is 2. The molecular formula is C22H18N2O3S. The van der Waals surface area contributed by atoms with Gasteiger partial charge >= 0.3 is 0 Å². The van der Waals surface area contributed by atoms with Gasteiger partial charge in [-0.3, -0.25) is 4.79 Å². The third-order valence-electron chi connectivity index (χ3n) is 4.55. The zero-order valence-corrected chi connectivity index (χ0v) is 15.7. The molecule has 0 amide bonds. The van der Waals surface area contributed by atoms with E-state index < -0.39 is 10.0 Å². The lowest BCUT2D eigenvalue weighted by Gasteiger charge is -2.09. The van der Waals surface area contributed by atoms with Crippen molar-refractivity contribution in [1.82, 2.24) is 9.71 Å². The molecule has 0 aliphatic heterocycles. The molecule has 0 radical (unpaired) electrons. The number of rotatable bonds is 6. The van der Waals surface area contributed by atoms with E-state index in [-0.39, 0.29) is 17.2 Å². The van der Waals surface area contributed by atoms with Gasteiger partial charge in [0.15, 0.2) is 5.78 Å². The fraction of sp³-hybridized carbons (Fsp3) is 0.0455. The first kappa shape index (κ1) is 18.2. The number of carbonyl (C=O) groups excluding carboxylic acids is 1. The highest BCUT2D eigenvalue weighted by atomic mass is 32.2. The average Bonchev–Trinajstić information content (AvgIpc) is 3.21. The van der Waals surface area contributed by atoms with E-state index >= 15 is 0 Å². The highest BCUT2D eigenvalue weighted by Gasteiger charge is 2.18. The summed E-state index contributed by atoms with van der Waals surface area (Å²) in [5.74, 6) is -0.290. The van der Waals surface area contributed by atoms with Crippen molar-refractivity contribution in [3.8, 4) is 11.1 Å². The molecule has 0 aliphatic carbocycles. The van der Waals surface area contributed by atoms with Gasteiger partial charge in [0.05, 0.1) is 11.4 Å². The number of H-pyrrole nitrogens is 1. The smallest absolute Gasteiger partial charge is 0.240 e. The van der Waals surface area contributed by atoms with Crippen LogP contribution in [0.2, 0.25) is 0 Å². The van der Waals surface area contributed by atoms with E-state index in [0.717, 1.165) is 22.0 Å². The Morgan fingerprint density at radius 3 is 2.25 bits per heavy atom. The van der Waals surface area contributed by atoms with Crippen molar-refractivity contribution in [3.63, 3.8) is 0 Å². The Morgan fingerprint density at radius 2 is 1.54 bits per heavy atom. The number of aromatic amines is 1. The molecule has 6 heteroatoms. The van der Waals surface area contributed by atoms with Crippen LogP contribution in [0.15, 0.2) is 90.0 Å². The van der Waals surface area contributed by atoms with Gasteiger partial charge in [-0.2, -0.15) is 0 Å². The summed E-state index contributed by atoms with van der Waals surface area (Å²) in [7, 11) is -3.74. The Balaban J connectivity index is 1.65. The molecular weight excluding hydrogens is 372 g/mol. The Morgan fingerprint density at radius 1 is 0.857 bits per heavy atom. The van der Waals surface area contributed by atoms with Gasteiger partial charge in [0.2, 0.25) is 10.0 Å². The summed E-state index contributed by atoms with van der Waals surface area (Å²) >= 11 is 0. The molecule has 4 aromatic rings. The molecule has 0 atom stereocenters. The summed E-state index contributed by atoms with van der Waals surface area (Å²) in [5.41, 5.74) is 3.19. The van der Waals surface area contributed by atoms with Gasteiger partial charge in [-0.05, 0) is 41.5 Å². The fourth-order valence-corrected chi connectivity index (χ4v) is 4.14. The highest BCUT2D eigenvalue weighted by molar-refractivity contribution is 7.89. The first-order valence-electron chi connectivity index (χ1n) is 8.79. The van der Waals surface area contributed by atoms with Gasteiger partial charge in [0.1, 0.15) is 0 Å². The van der Waals surface area contributed by atoms with Crippen LogP contribution in [0.25, 0.3) is 22.0 Å². The third kappa shape index (κ3) is 3.60. The highest BCUT2D eigenvalue weighted by Crippen LogP contribution is 2.27. The molecule has 0 bridgehead atoms. The van der Waals surface area contributed by atoms with Crippen molar-refractivity contribution in [3.05, 3.63) is 90.6 Å². The second-order valence-corrected chi connectivity index (χ2v) is 8.16. The maximum atomic E-state index is 12.9. The number of Topliss-reactive ketones (excluding diaryl/α,β-unsaturated/α-hetero) is 1. The van der Waals surface area contributed by atoms with Crippen LogP contribution in [0.3, 0.4) is 0 Å². The molecule has 0 spiro atoms. The quantitative estimate of drug-likeness (QED) is 0.489. The third-order valence-corrected chi connectivity index (χ3v) is 5.97. The number of fused-ring (bicyclic) bond motifs is 1. The van der Waals surface area contributed by atoms with Crippen molar-refractivity contribution in [2.45, 2.75) is 4.90 Å². The Labute approximate surface area is 163 Å². The molecule has 1 heterocycles. The van der Waals surface area contributed by atoms with Crippen LogP contribution in [-0.2, 0) is 10.0 Å². The molecule has 0 saturated heterocycles. The van der Waals surface area contributed by atoms with E-state index in [1.54, 1.807) is 24.4 Å². The van der Waals surface area contributed by atoms with Gasteiger partial charge < -0.3 is 4.98 Å². The molecule has 140 valence electrons. The van der Waals surface area contributed by atoms with Gasteiger partial charge in [-0.1, -0.05) is 48.5 Å². The molecule has 0 saturated carbocycles. The van der Waals surface area contributed by atoms with Crippen LogP contribution in [0.1, 0.15) is 10.4 Å². The number of aromatic nitrogens is 1. The predicted molar refractivity (Wildman–Crippen MR) is 110 cm³/mol. The number of benzene rings is 3. The van der Waals surface area contributed by atoms with Crippen molar-refractivity contribution in [2.75, 3.05) is 6.54 Å². The minimum absolute atomic E-state index is 0.132. The van der Waals surface area contributed by atoms with E-state index in [4.69, 9.17) is 0 Å². The lowest BCUT2D eigenvalue weighted by molar-refractivity contribution is 0.0998. The maximum absolute atomic E-state index is 12.9. The zero-order valence-electron chi connectivity index (χ0n) is 14.9. The SMILES string of the molecule is O=C(CNS(=O)(=O)c1ccccc1)c1cc(-c2ccccc2)cc2[nH]ccc12. The normalized spacial score (nSPS) is 11.6. The van der Waals surface area contributed by atoms with Gasteiger partial charge in [0.25, 0.3) is 0 Å². The lowest BCUT2D eigenvalue weighted by atomic mass is 9.98. The number of sulfonamides is 1. The predicted octanol–water partition coefficient (Wildman–Crippen LogP) is 4.00. The second kappa shape index (κ2) is 7.42. The monoisotopic (exact) mass is 390 g/mol. The number of nitrogens with one attached hydrogen (secondary N) is 2. The van der Waals surface area contributed by atoms with Crippen LogP contribution in [0.5, 0.6) is 0 Å². The Hall–Kier alpha value is -3.22. The molecule has 0 fully saturated rings. The number of hydrogen-bond acceptors (Lipinski definition) is 3. The van der Waals surface area contributed by atoms with Crippen molar-refractivity contribution < 1.29 is 13.2 Å². The number of ketones is 1. The first-order chi connectivity index (χ1) is 13.5. The van der Waals surface area contributed by atoms with Crippen molar-refractivity contribution in [1.29, 1.82) is 0 Å². The molecule has 1 aromatic heterocycles. The van der Waals surface area contributed by atoms with Crippen molar-refractivity contribution >= 4 is 26.7 Å². The van der Waals surface area contributed by atoms with Crippen LogP contribution in [0, 0.1) is 0 Å². The van der Waals surface area contributed by atoms with Gasteiger partial charge in [-0.15, -0.1) is 0 Å². The standard InChI is InChI=1S/C22H18N2O3S/c25-22(15-24-28(26,27)18-9-5-2-6-10-18)20-13-17(16-7-3-1-4-8-16)14-21-19(20)11-12-23-21/h1-14,23-24H,15H2.